The van der Waals surface area contributed by atoms with Crippen LogP contribution < -0.4 is 0 Å². The van der Waals surface area contributed by atoms with Gasteiger partial charge in [-0.2, -0.15) is 0 Å². The Hall–Kier alpha value is -1.57. The zero-order chi connectivity index (χ0) is 8.23. The van der Waals surface area contributed by atoms with Gasteiger partial charge in [-0.1, -0.05) is 6.08 Å². The molecule has 12 heavy (non-hydrogen) atoms. The van der Waals surface area contributed by atoms with E-state index in [1.165, 1.54) is 5.69 Å². The molecule has 0 saturated carbocycles. The Morgan fingerprint density at radius 2 is 2.33 bits per heavy atom. The summed E-state index contributed by atoms with van der Waals surface area (Å²) in [6.07, 6.45) is 11.7. The van der Waals surface area contributed by atoms with Crippen molar-refractivity contribution in [3.8, 4) is 0 Å². The molecule has 2 heterocycles. The topological polar surface area (TPSA) is 17.3 Å². The third-order valence-electron chi connectivity index (χ3n) is 1.80. The Morgan fingerprint density at radius 3 is 3.33 bits per heavy atom. The molecule has 0 spiro atoms. The van der Waals surface area contributed by atoms with Crippen LogP contribution in [0.25, 0.3) is 6.08 Å². The number of hydrogen-bond donors (Lipinski definition) is 0. The minimum atomic E-state index is 0.844. The number of hydrogen-bond acceptors (Lipinski definition) is 1. The lowest BCUT2D eigenvalue weighted by molar-refractivity contribution is 0.863. The highest BCUT2D eigenvalue weighted by Gasteiger charge is 1.94. The van der Waals surface area contributed by atoms with Gasteiger partial charge in [0, 0.05) is 24.3 Å². The molecule has 0 unspecified atom stereocenters. The number of aliphatic imine (C=N–C) groups is 1. The Labute approximate surface area is 71.6 Å². The standard InChI is InChI=1S/C10H10N2/c1-2-6-11-7-9-12-8-3-5-10(12)4-1/h1-8H,9H2/b4-1?,6-2-,11-7?. The van der Waals surface area contributed by atoms with Crippen molar-refractivity contribution >= 4 is 12.3 Å². The van der Waals surface area contributed by atoms with Crippen molar-refractivity contribution in [1.29, 1.82) is 0 Å². The van der Waals surface area contributed by atoms with Crippen molar-refractivity contribution in [2.75, 3.05) is 0 Å². The Balaban J connectivity index is 2.40. The molecule has 2 rings (SSSR count). The molecule has 0 fully saturated rings. The van der Waals surface area contributed by atoms with Crippen LogP contribution >= 0.6 is 0 Å². The fourth-order valence-electron chi connectivity index (χ4n) is 1.19. The van der Waals surface area contributed by atoms with Gasteiger partial charge in [-0.15, -0.1) is 0 Å². The van der Waals surface area contributed by atoms with Crippen LogP contribution in [0.3, 0.4) is 0 Å². The SMILES string of the molecule is C1=Cc2cccn2CC=N/C=C\1. The number of allylic oxidation sites excluding steroid dienone is 2. The number of aromatic nitrogens is 1. The first-order valence-electron chi connectivity index (χ1n) is 3.97. The molecular weight excluding hydrogens is 148 g/mol. The second-order valence-corrected chi connectivity index (χ2v) is 2.62. The molecule has 0 aliphatic carbocycles. The third-order valence-corrected chi connectivity index (χ3v) is 1.80. The van der Waals surface area contributed by atoms with E-state index in [0.717, 1.165) is 6.54 Å². The van der Waals surface area contributed by atoms with Gasteiger partial charge < -0.3 is 4.57 Å². The zero-order valence-corrected chi connectivity index (χ0v) is 6.72. The van der Waals surface area contributed by atoms with Crippen LogP contribution in [-0.2, 0) is 6.54 Å². The third kappa shape index (κ3) is 1.37. The van der Waals surface area contributed by atoms with Crippen molar-refractivity contribution in [2.45, 2.75) is 6.54 Å². The molecule has 0 aromatic carbocycles. The Morgan fingerprint density at radius 1 is 1.33 bits per heavy atom. The summed E-state index contributed by atoms with van der Waals surface area (Å²) < 4.78 is 2.15. The summed E-state index contributed by atoms with van der Waals surface area (Å²) in [6.45, 7) is 0.844. The van der Waals surface area contributed by atoms with Crippen molar-refractivity contribution < 1.29 is 0 Å². The van der Waals surface area contributed by atoms with E-state index in [9.17, 15) is 0 Å². The van der Waals surface area contributed by atoms with Gasteiger partial charge in [0.15, 0.2) is 0 Å². The van der Waals surface area contributed by atoms with E-state index in [2.05, 4.69) is 27.9 Å². The highest BCUT2D eigenvalue weighted by molar-refractivity contribution is 5.60. The van der Waals surface area contributed by atoms with E-state index in [-0.39, 0.29) is 0 Å². The van der Waals surface area contributed by atoms with E-state index in [4.69, 9.17) is 0 Å². The van der Waals surface area contributed by atoms with Crippen LogP contribution in [0.1, 0.15) is 5.69 Å². The van der Waals surface area contributed by atoms with Gasteiger partial charge in [-0.3, -0.25) is 4.99 Å². The van der Waals surface area contributed by atoms with Crippen molar-refractivity contribution in [2.24, 2.45) is 4.99 Å². The molecular formula is C10H10N2. The lowest BCUT2D eigenvalue weighted by Gasteiger charge is -1.99. The minimum absolute atomic E-state index is 0.844. The monoisotopic (exact) mass is 158 g/mol. The molecule has 1 aliphatic rings. The summed E-state index contributed by atoms with van der Waals surface area (Å²) in [5.41, 5.74) is 1.22. The van der Waals surface area contributed by atoms with Gasteiger partial charge in [0.05, 0.1) is 6.54 Å². The first-order valence-corrected chi connectivity index (χ1v) is 3.97. The molecule has 1 aromatic rings. The molecule has 0 N–H and O–H groups in total. The van der Waals surface area contributed by atoms with Gasteiger partial charge in [-0.25, -0.2) is 0 Å². The molecule has 60 valence electrons. The van der Waals surface area contributed by atoms with Gasteiger partial charge in [-0.05, 0) is 24.3 Å². The maximum Gasteiger partial charge on any atom is 0.0578 e. The highest BCUT2D eigenvalue weighted by atomic mass is 15.0. The predicted octanol–water partition coefficient (Wildman–Crippen LogP) is 2.10. The minimum Gasteiger partial charge on any atom is -0.343 e. The molecule has 1 aromatic heterocycles. The van der Waals surface area contributed by atoms with E-state index in [1.807, 2.05) is 24.4 Å². The normalized spacial score (nSPS) is 17.7. The van der Waals surface area contributed by atoms with E-state index < -0.39 is 0 Å². The van der Waals surface area contributed by atoms with E-state index >= 15 is 0 Å². The fraction of sp³-hybridized carbons (Fsp3) is 0.100. The van der Waals surface area contributed by atoms with Crippen molar-refractivity contribution in [3.05, 3.63) is 42.4 Å². The van der Waals surface area contributed by atoms with Crippen LogP contribution in [0.5, 0.6) is 0 Å². The molecule has 2 nitrogen and oxygen atoms in total. The van der Waals surface area contributed by atoms with E-state index in [0.29, 0.717) is 0 Å². The smallest absolute Gasteiger partial charge is 0.0578 e. The molecule has 0 radical (unpaired) electrons. The predicted molar refractivity (Wildman–Crippen MR) is 51.1 cm³/mol. The van der Waals surface area contributed by atoms with Gasteiger partial charge in [0.25, 0.3) is 0 Å². The summed E-state index contributed by atoms with van der Waals surface area (Å²) in [7, 11) is 0. The van der Waals surface area contributed by atoms with Crippen LogP contribution in [-0.4, -0.2) is 10.8 Å². The Kier molecular flexibility index (Phi) is 1.90. The van der Waals surface area contributed by atoms with Crippen LogP contribution in [0.15, 0.2) is 41.7 Å². The summed E-state index contributed by atoms with van der Waals surface area (Å²) >= 11 is 0. The average molecular weight is 158 g/mol. The molecule has 0 saturated heterocycles. The Bertz CT molecular complexity index is 342. The fourth-order valence-corrected chi connectivity index (χ4v) is 1.19. The molecule has 0 bridgehead atoms. The molecule has 0 amide bonds. The second-order valence-electron chi connectivity index (χ2n) is 2.62. The van der Waals surface area contributed by atoms with Crippen LogP contribution in [0, 0.1) is 0 Å². The highest BCUT2D eigenvalue weighted by Crippen LogP contribution is 2.05. The van der Waals surface area contributed by atoms with Crippen molar-refractivity contribution in [3.63, 3.8) is 0 Å². The first kappa shape index (κ1) is 7.10. The van der Waals surface area contributed by atoms with E-state index in [1.54, 1.807) is 6.20 Å². The zero-order valence-electron chi connectivity index (χ0n) is 6.72. The molecule has 0 atom stereocenters. The quantitative estimate of drug-likeness (QED) is 0.550. The van der Waals surface area contributed by atoms with Crippen LogP contribution in [0.2, 0.25) is 0 Å². The summed E-state index contributed by atoms with van der Waals surface area (Å²) in [6, 6.07) is 4.13. The van der Waals surface area contributed by atoms with Gasteiger partial charge >= 0.3 is 0 Å². The molecule has 1 aliphatic heterocycles. The molecule has 2 heteroatoms. The maximum absolute atomic E-state index is 4.09. The number of rotatable bonds is 0. The maximum atomic E-state index is 4.09. The summed E-state index contributed by atoms with van der Waals surface area (Å²) in [5, 5.41) is 0. The second kappa shape index (κ2) is 3.22. The average Bonchev–Trinajstić information content (AvgIpc) is 2.50. The van der Waals surface area contributed by atoms with Gasteiger partial charge in [0.2, 0.25) is 0 Å². The van der Waals surface area contributed by atoms with Crippen molar-refractivity contribution in [1.82, 2.24) is 4.57 Å². The van der Waals surface area contributed by atoms with Crippen LogP contribution in [0.4, 0.5) is 0 Å². The number of fused-ring (bicyclic) bond motifs is 1. The summed E-state index contributed by atoms with van der Waals surface area (Å²) in [5.74, 6) is 0. The summed E-state index contributed by atoms with van der Waals surface area (Å²) in [4.78, 5) is 4.09. The largest absolute Gasteiger partial charge is 0.343 e. The lowest BCUT2D eigenvalue weighted by atomic mass is 10.3. The lowest BCUT2D eigenvalue weighted by Crippen LogP contribution is -1.98. The number of nitrogens with zero attached hydrogens (tertiary/aromatic N) is 2. The van der Waals surface area contributed by atoms with Gasteiger partial charge in [0.1, 0.15) is 0 Å². The first-order chi connectivity index (χ1) is 5.97.